The van der Waals surface area contributed by atoms with E-state index in [9.17, 15) is 9.59 Å². The van der Waals surface area contributed by atoms with Crippen LogP contribution in [-0.2, 0) is 9.59 Å². The maximum atomic E-state index is 12.6. The number of benzene rings is 1. The van der Waals surface area contributed by atoms with Crippen LogP contribution in [0.3, 0.4) is 0 Å². The Balaban J connectivity index is 1.38. The lowest BCUT2D eigenvalue weighted by atomic mass is 10.2. The molecule has 2 saturated heterocycles. The lowest BCUT2D eigenvalue weighted by Gasteiger charge is -2.36. The van der Waals surface area contributed by atoms with Crippen LogP contribution in [0.15, 0.2) is 30.3 Å². The highest BCUT2D eigenvalue weighted by Gasteiger charge is 2.47. The van der Waals surface area contributed by atoms with Crippen LogP contribution in [0.2, 0.25) is 0 Å². The minimum absolute atomic E-state index is 0.0290. The van der Waals surface area contributed by atoms with Crippen molar-refractivity contribution in [3.63, 3.8) is 0 Å². The van der Waals surface area contributed by atoms with Crippen LogP contribution in [0.25, 0.3) is 0 Å². The van der Waals surface area contributed by atoms with Gasteiger partial charge in [0.2, 0.25) is 11.8 Å². The molecule has 6 nitrogen and oxygen atoms in total. The number of nitrogens with zero attached hydrogens (tertiary/aromatic N) is 1. The third-order valence-electron chi connectivity index (χ3n) is 4.98. The van der Waals surface area contributed by atoms with Crippen LogP contribution in [-0.4, -0.2) is 44.8 Å². The number of amides is 2. The molecule has 3 aliphatic rings. The molecule has 1 saturated carbocycles. The summed E-state index contributed by atoms with van der Waals surface area (Å²) in [5.74, 6) is 0.300. The van der Waals surface area contributed by atoms with Crippen LogP contribution >= 0.6 is 35.7 Å². The van der Waals surface area contributed by atoms with E-state index in [1.807, 2.05) is 35.2 Å². The van der Waals surface area contributed by atoms with Crippen molar-refractivity contribution < 1.29 is 9.59 Å². The van der Waals surface area contributed by atoms with E-state index in [0.717, 1.165) is 18.5 Å². The first-order valence-corrected chi connectivity index (χ1v) is 11.5. The zero-order valence-electron chi connectivity index (χ0n) is 14.7. The first kappa shape index (κ1) is 19.0. The van der Waals surface area contributed by atoms with Gasteiger partial charge in [-0.1, -0.05) is 55.0 Å². The summed E-state index contributed by atoms with van der Waals surface area (Å²) in [6.07, 6.45) is 4.30. The lowest BCUT2D eigenvalue weighted by molar-refractivity contribution is -0.123. The third-order valence-corrected chi connectivity index (χ3v) is 7.60. The number of carbonyl (C=O) groups excluding carboxylic acids is 2. The van der Waals surface area contributed by atoms with Crippen molar-refractivity contribution in [2.75, 3.05) is 10.7 Å². The summed E-state index contributed by atoms with van der Waals surface area (Å²) in [7, 11) is 0. The molecule has 3 unspecified atom stereocenters. The minimum Gasteiger partial charge on any atom is -0.353 e. The molecule has 2 amide bonds. The number of thioether (sulfide) groups is 2. The van der Waals surface area contributed by atoms with Crippen LogP contribution < -0.4 is 20.9 Å². The summed E-state index contributed by atoms with van der Waals surface area (Å²) in [6, 6.07) is 10.2. The maximum Gasteiger partial charge on any atom is 0.238 e. The molecule has 3 atom stereocenters. The number of hydrogen-bond donors (Lipinski definition) is 3. The molecule has 0 aromatic heterocycles. The molecule has 9 heteroatoms. The van der Waals surface area contributed by atoms with Crippen molar-refractivity contribution in [2.24, 2.45) is 0 Å². The van der Waals surface area contributed by atoms with Crippen LogP contribution in [0.1, 0.15) is 25.7 Å². The van der Waals surface area contributed by atoms with Crippen LogP contribution in [0.4, 0.5) is 5.69 Å². The van der Waals surface area contributed by atoms with Gasteiger partial charge in [-0.2, -0.15) is 0 Å². The molecule has 3 fully saturated rings. The Morgan fingerprint density at radius 3 is 2.78 bits per heavy atom. The second kappa shape index (κ2) is 8.38. The standard InChI is InChI=1S/C18H22N4O2S3/c23-13(19-11-6-4-5-7-11)10-26-17-20-15-14(16(24)21-17)27-18(25)22(15)12-8-2-1-3-9-12/h1-3,8-9,11,14-15,17,20H,4-7,10H2,(H,19,23)(H,21,24). The lowest BCUT2D eigenvalue weighted by Crippen LogP contribution is -2.64. The molecule has 3 N–H and O–H groups in total. The van der Waals surface area contributed by atoms with E-state index in [-0.39, 0.29) is 28.7 Å². The van der Waals surface area contributed by atoms with Gasteiger partial charge in [-0.3, -0.25) is 14.9 Å². The quantitative estimate of drug-likeness (QED) is 0.627. The normalized spacial score (nSPS) is 28.1. The van der Waals surface area contributed by atoms with Crippen LogP contribution in [0.5, 0.6) is 0 Å². The molecule has 4 rings (SSSR count). The Bertz CT molecular complexity index is 727. The average molecular weight is 423 g/mol. The smallest absolute Gasteiger partial charge is 0.238 e. The number of nitrogens with one attached hydrogen (secondary N) is 3. The van der Waals surface area contributed by atoms with Gasteiger partial charge in [-0.15, -0.1) is 11.8 Å². The van der Waals surface area contributed by atoms with E-state index in [1.54, 1.807) is 0 Å². The largest absolute Gasteiger partial charge is 0.353 e. The summed E-state index contributed by atoms with van der Waals surface area (Å²) in [5.41, 5.74) is 0.646. The van der Waals surface area contributed by atoms with E-state index in [2.05, 4.69) is 16.0 Å². The fraction of sp³-hybridized carbons (Fsp3) is 0.500. The summed E-state index contributed by atoms with van der Waals surface area (Å²) in [4.78, 5) is 26.7. The Labute approximate surface area is 172 Å². The van der Waals surface area contributed by atoms with Gasteiger partial charge in [0.25, 0.3) is 0 Å². The van der Waals surface area contributed by atoms with Gasteiger partial charge in [0.05, 0.1) is 5.75 Å². The highest BCUT2D eigenvalue weighted by molar-refractivity contribution is 8.24. The predicted octanol–water partition coefficient (Wildman–Crippen LogP) is 2.01. The van der Waals surface area contributed by atoms with Gasteiger partial charge in [-0.25, -0.2) is 0 Å². The molecule has 2 aliphatic heterocycles. The molecule has 144 valence electrons. The second-order valence-corrected chi connectivity index (χ2v) is 9.74. The number of fused-ring (bicyclic) bond motifs is 1. The fourth-order valence-corrected chi connectivity index (χ4v) is 6.11. The highest BCUT2D eigenvalue weighted by atomic mass is 32.2. The van der Waals surface area contributed by atoms with Crippen molar-refractivity contribution in [3.8, 4) is 0 Å². The van der Waals surface area contributed by atoms with Gasteiger partial charge < -0.3 is 15.5 Å². The average Bonchev–Trinajstić information content (AvgIpc) is 3.28. The van der Waals surface area contributed by atoms with Crippen molar-refractivity contribution >= 4 is 57.6 Å². The number of hydrogen-bond acceptors (Lipinski definition) is 6. The first-order valence-electron chi connectivity index (χ1n) is 9.14. The van der Waals surface area contributed by atoms with E-state index < -0.39 is 0 Å². The topological polar surface area (TPSA) is 73.5 Å². The summed E-state index contributed by atoms with van der Waals surface area (Å²) >= 11 is 8.32. The van der Waals surface area contributed by atoms with Crippen molar-refractivity contribution in [1.82, 2.24) is 16.0 Å². The molecule has 0 radical (unpaired) electrons. The van der Waals surface area contributed by atoms with E-state index >= 15 is 0 Å². The Hall–Kier alpha value is -1.29. The van der Waals surface area contributed by atoms with E-state index in [0.29, 0.717) is 16.1 Å². The summed E-state index contributed by atoms with van der Waals surface area (Å²) < 4.78 is 0.684. The first-order chi connectivity index (χ1) is 13.1. The molecule has 0 bridgehead atoms. The molecule has 1 aromatic rings. The number of thiocarbonyl (C=S) groups is 1. The van der Waals surface area contributed by atoms with Crippen molar-refractivity contribution in [2.45, 2.75) is 48.6 Å². The monoisotopic (exact) mass is 422 g/mol. The van der Waals surface area contributed by atoms with Gasteiger partial charge >= 0.3 is 0 Å². The molecule has 1 aliphatic carbocycles. The number of rotatable bonds is 5. The van der Waals surface area contributed by atoms with Crippen molar-refractivity contribution in [1.29, 1.82) is 0 Å². The molecule has 2 heterocycles. The Morgan fingerprint density at radius 1 is 1.30 bits per heavy atom. The predicted molar refractivity (Wildman–Crippen MR) is 115 cm³/mol. The number of anilines is 1. The zero-order valence-corrected chi connectivity index (χ0v) is 17.2. The number of carbonyl (C=O) groups is 2. The molecule has 0 spiro atoms. The third kappa shape index (κ3) is 4.26. The molecule has 27 heavy (non-hydrogen) atoms. The minimum atomic E-state index is -0.319. The molecule has 1 aromatic carbocycles. The van der Waals surface area contributed by atoms with E-state index in [4.69, 9.17) is 12.2 Å². The van der Waals surface area contributed by atoms with Crippen LogP contribution in [0, 0.1) is 0 Å². The Kier molecular flexibility index (Phi) is 5.91. The zero-order chi connectivity index (χ0) is 18.8. The molecular weight excluding hydrogens is 400 g/mol. The highest BCUT2D eigenvalue weighted by Crippen LogP contribution is 2.37. The Morgan fingerprint density at radius 2 is 2.04 bits per heavy atom. The number of para-hydroxylation sites is 1. The second-order valence-electron chi connectivity index (χ2n) is 6.87. The summed E-state index contributed by atoms with van der Waals surface area (Å²) in [5, 5.41) is 9.19. The molecular formula is C18H22N4O2S3. The maximum absolute atomic E-state index is 12.6. The van der Waals surface area contributed by atoms with Gasteiger partial charge in [0.1, 0.15) is 21.2 Å². The summed E-state index contributed by atoms with van der Waals surface area (Å²) in [6.45, 7) is 0. The van der Waals surface area contributed by atoms with E-state index in [1.165, 1.54) is 36.4 Å². The van der Waals surface area contributed by atoms with Gasteiger partial charge in [-0.05, 0) is 25.0 Å². The van der Waals surface area contributed by atoms with Gasteiger partial charge in [0, 0.05) is 11.7 Å². The fourth-order valence-electron chi connectivity index (χ4n) is 3.69. The SMILES string of the molecule is O=C(CSC1NC(=O)C2SC(=S)N(c3ccccc3)C2N1)NC1CCCC1. The van der Waals surface area contributed by atoms with Gasteiger partial charge in [0.15, 0.2) is 0 Å². The van der Waals surface area contributed by atoms with Crippen molar-refractivity contribution in [3.05, 3.63) is 30.3 Å².